The maximum atomic E-state index is 12.4. The number of rotatable bonds is 7. The molecule has 1 N–H and O–H groups in total. The first-order chi connectivity index (χ1) is 12.7. The Bertz CT molecular complexity index is 836. The first kappa shape index (κ1) is 17.5. The van der Waals surface area contributed by atoms with Gasteiger partial charge < -0.3 is 19.4 Å². The lowest BCUT2D eigenvalue weighted by molar-refractivity contribution is 0.0950. The van der Waals surface area contributed by atoms with Gasteiger partial charge in [0.2, 0.25) is 0 Å². The van der Waals surface area contributed by atoms with Crippen LogP contribution >= 0.6 is 0 Å². The molecule has 0 saturated carbocycles. The number of ether oxygens (including phenoxy) is 2. The molecule has 3 rings (SSSR count). The number of hydrogen-bond donors (Lipinski definition) is 1. The van der Waals surface area contributed by atoms with Crippen LogP contribution in [0.2, 0.25) is 0 Å². The van der Waals surface area contributed by atoms with Gasteiger partial charge in [-0.05, 0) is 23.3 Å². The standard InChI is InChI=1S/C20H21N3O3/c1-25-18-9-17(10-19(11-18)26-2)20(24)22-12-15-3-5-16(6-4-15)13-23-8-7-21-14-23/h3-11,14H,12-13H2,1-2H3,(H,22,24). The van der Waals surface area contributed by atoms with Gasteiger partial charge in [-0.15, -0.1) is 0 Å². The zero-order chi connectivity index (χ0) is 18.4. The highest BCUT2D eigenvalue weighted by Gasteiger charge is 2.09. The normalized spacial score (nSPS) is 10.4. The molecule has 0 radical (unpaired) electrons. The average molecular weight is 351 g/mol. The number of amides is 1. The van der Waals surface area contributed by atoms with Crippen molar-refractivity contribution in [1.29, 1.82) is 0 Å². The van der Waals surface area contributed by atoms with Crippen molar-refractivity contribution in [2.24, 2.45) is 0 Å². The van der Waals surface area contributed by atoms with E-state index in [0.29, 0.717) is 23.6 Å². The van der Waals surface area contributed by atoms with Crippen LogP contribution < -0.4 is 14.8 Å². The van der Waals surface area contributed by atoms with Gasteiger partial charge in [-0.25, -0.2) is 4.98 Å². The maximum Gasteiger partial charge on any atom is 0.251 e. The minimum Gasteiger partial charge on any atom is -0.497 e. The van der Waals surface area contributed by atoms with Crippen molar-refractivity contribution < 1.29 is 14.3 Å². The Labute approximate surface area is 152 Å². The lowest BCUT2D eigenvalue weighted by Crippen LogP contribution is -2.22. The number of methoxy groups -OCH3 is 2. The van der Waals surface area contributed by atoms with E-state index in [2.05, 4.69) is 22.4 Å². The molecule has 2 aromatic carbocycles. The van der Waals surface area contributed by atoms with Gasteiger partial charge in [0.25, 0.3) is 5.91 Å². The molecule has 1 heterocycles. The van der Waals surface area contributed by atoms with E-state index in [9.17, 15) is 4.79 Å². The summed E-state index contributed by atoms with van der Waals surface area (Å²) in [6.07, 6.45) is 5.48. The average Bonchev–Trinajstić information content (AvgIpc) is 3.19. The number of nitrogens with one attached hydrogen (secondary N) is 1. The van der Waals surface area contributed by atoms with Crippen LogP contribution in [0, 0.1) is 0 Å². The third kappa shape index (κ3) is 4.42. The van der Waals surface area contributed by atoms with Gasteiger partial charge in [-0.1, -0.05) is 24.3 Å². The summed E-state index contributed by atoms with van der Waals surface area (Å²) in [5.74, 6) is 0.987. The van der Waals surface area contributed by atoms with Crippen molar-refractivity contribution in [2.45, 2.75) is 13.1 Å². The van der Waals surface area contributed by atoms with Gasteiger partial charge in [-0.3, -0.25) is 4.79 Å². The molecule has 0 aliphatic rings. The summed E-state index contributed by atoms with van der Waals surface area (Å²) in [7, 11) is 3.11. The molecule has 0 fully saturated rings. The Morgan fingerprint density at radius 3 is 2.27 bits per heavy atom. The Morgan fingerprint density at radius 1 is 1.04 bits per heavy atom. The third-order valence-electron chi connectivity index (χ3n) is 4.01. The molecule has 134 valence electrons. The number of carbonyl (C=O) groups excluding carboxylic acids is 1. The van der Waals surface area contributed by atoms with Crippen LogP contribution in [-0.4, -0.2) is 29.7 Å². The van der Waals surface area contributed by atoms with Crippen LogP contribution in [0.25, 0.3) is 0 Å². The summed E-state index contributed by atoms with van der Waals surface area (Å²) < 4.78 is 12.4. The predicted octanol–water partition coefficient (Wildman–Crippen LogP) is 2.88. The van der Waals surface area contributed by atoms with Gasteiger partial charge in [-0.2, -0.15) is 0 Å². The van der Waals surface area contributed by atoms with Crippen molar-refractivity contribution in [1.82, 2.24) is 14.9 Å². The Balaban J connectivity index is 1.60. The van der Waals surface area contributed by atoms with Gasteiger partial charge in [0.15, 0.2) is 0 Å². The number of aromatic nitrogens is 2. The smallest absolute Gasteiger partial charge is 0.251 e. The number of carbonyl (C=O) groups is 1. The molecule has 0 saturated heterocycles. The quantitative estimate of drug-likeness (QED) is 0.711. The Kier molecular flexibility index (Phi) is 5.53. The molecule has 0 atom stereocenters. The minimum atomic E-state index is -0.176. The van der Waals surface area contributed by atoms with Crippen LogP contribution in [0.1, 0.15) is 21.5 Å². The van der Waals surface area contributed by atoms with Gasteiger partial charge in [0, 0.05) is 37.1 Å². The number of nitrogens with zero attached hydrogens (tertiary/aromatic N) is 2. The molecule has 1 amide bonds. The fourth-order valence-electron chi connectivity index (χ4n) is 2.58. The number of imidazole rings is 1. The number of benzene rings is 2. The van der Waals surface area contributed by atoms with Crippen molar-refractivity contribution in [3.05, 3.63) is 77.9 Å². The van der Waals surface area contributed by atoms with Gasteiger partial charge in [0.1, 0.15) is 11.5 Å². The lowest BCUT2D eigenvalue weighted by Gasteiger charge is -2.10. The Morgan fingerprint density at radius 2 is 1.69 bits per heavy atom. The molecule has 3 aromatic rings. The SMILES string of the molecule is COc1cc(OC)cc(C(=O)NCc2ccc(Cn3ccnc3)cc2)c1. The summed E-state index contributed by atoms with van der Waals surface area (Å²) in [6.45, 7) is 1.22. The number of hydrogen-bond acceptors (Lipinski definition) is 4. The lowest BCUT2D eigenvalue weighted by atomic mass is 10.1. The van der Waals surface area contributed by atoms with Gasteiger partial charge >= 0.3 is 0 Å². The van der Waals surface area contributed by atoms with Crippen molar-refractivity contribution in [3.63, 3.8) is 0 Å². The Hall–Kier alpha value is -3.28. The largest absolute Gasteiger partial charge is 0.497 e. The fourth-order valence-corrected chi connectivity index (χ4v) is 2.58. The van der Waals surface area contributed by atoms with Gasteiger partial charge in [0.05, 0.1) is 20.5 Å². The molecule has 0 spiro atoms. The van der Waals surface area contributed by atoms with E-state index in [0.717, 1.165) is 12.1 Å². The first-order valence-electron chi connectivity index (χ1n) is 8.23. The van der Waals surface area contributed by atoms with E-state index < -0.39 is 0 Å². The molecule has 0 aliphatic carbocycles. The maximum absolute atomic E-state index is 12.4. The van der Waals surface area contributed by atoms with Crippen LogP contribution in [0.5, 0.6) is 11.5 Å². The molecule has 0 bridgehead atoms. The summed E-state index contributed by atoms with van der Waals surface area (Å²) in [5, 5.41) is 2.92. The fraction of sp³-hybridized carbons (Fsp3) is 0.200. The van der Waals surface area contributed by atoms with E-state index >= 15 is 0 Å². The second-order valence-electron chi connectivity index (χ2n) is 5.84. The van der Waals surface area contributed by atoms with Crippen LogP contribution in [0.3, 0.4) is 0 Å². The molecular formula is C20H21N3O3. The van der Waals surface area contributed by atoms with Crippen molar-refractivity contribution in [3.8, 4) is 11.5 Å². The summed E-state index contributed by atoms with van der Waals surface area (Å²) in [6, 6.07) is 13.2. The molecule has 0 aliphatic heterocycles. The molecule has 1 aromatic heterocycles. The zero-order valence-electron chi connectivity index (χ0n) is 14.8. The van der Waals surface area contributed by atoms with E-state index in [4.69, 9.17) is 9.47 Å². The van der Waals surface area contributed by atoms with E-state index in [1.807, 2.05) is 22.9 Å². The highest BCUT2D eigenvalue weighted by molar-refractivity contribution is 5.95. The minimum absolute atomic E-state index is 0.176. The summed E-state index contributed by atoms with van der Waals surface area (Å²) in [5.41, 5.74) is 2.70. The van der Waals surface area contributed by atoms with Crippen LogP contribution in [-0.2, 0) is 13.1 Å². The molecule has 6 heteroatoms. The zero-order valence-corrected chi connectivity index (χ0v) is 14.8. The second kappa shape index (κ2) is 8.20. The van der Waals surface area contributed by atoms with E-state index in [1.54, 1.807) is 44.9 Å². The molecule has 26 heavy (non-hydrogen) atoms. The van der Waals surface area contributed by atoms with Crippen molar-refractivity contribution >= 4 is 5.91 Å². The van der Waals surface area contributed by atoms with Crippen molar-refractivity contribution in [2.75, 3.05) is 14.2 Å². The molecule has 0 unspecified atom stereocenters. The van der Waals surface area contributed by atoms with Crippen LogP contribution in [0.4, 0.5) is 0 Å². The first-order valence-corrected chi connectivity index (χ1v) is 8.23. The van der Waals surface area contributed by atoms with E-state index in [-0.39, 0.29) is 5.91 Å². The highest BCUT2D eigenvalue weighted by Crippen LogP contribution is 2.22. The topological polar surface area (TPSA) is 65.4 Å². The predicted molar refractivity (Wildman–Crippen MR) is 98.5 cm³/mol. The van der Waals surface area contributed by atoms with Crippen LogP contribution in [0.15, 0.2) is 61.2 Å². The third-order valence-corrected chi connectivity index (χ3v) is 4.01. The second-order valence-corrected chi connectivity index (χ2v) is 5.84. The van der Waals surface area contributed by atoms with E-state index in [1.165, 1.54) is 5.56 Å². The molecular weight excluding hydrogens is 330 g/mol. The summed E-state index contributed by atoms with van der Waals surface area (Å²) in [4.78, 5) is 16.4. The highest BCUT2D eigenvalue weighted by atomic mass is 16.5. The monoisotopic (exact) mass is 351 g/mol. The summed E-state index contributed by atoms with van der Waals surface area (Å²) >= 11 is 0. The molecule has 6 nitrogen and oxygen atoms in total.